The number of aromatic nitrogens is 5. The van der Waals surface area contributed by atoms with E-state index in [1.807, 2.05) is 30.3 Å². The largest absolute Gasteiger partial charge is 0.410 e. The minimum atomic E-state index is -0.829. The number of H-pyrrole nitrogens is 2. The fraction of sp³-hybridized carbons (Fsp3) is 0.200. The molecule has 9 nitrogen and oxygen atoms in total. The number of primary amides is 1. The molecule has 0 aliphatic carbocycles. The zero-order chi connectivity index (χ0) is 23.1. The highest BCUT2D eigenvalue weighted by molar-refractivity contribution is 5.98. The van der Waals surface area contributed by atoms with E-state index in [9.17, 15) is 4.79 Å². The second kappa shape index (κ2) is 8.27. The van der Waals surface area contributed by atoms with E-state index in [0.717, 1.165) is 64.0 Å². The second-order valence-electron chi connectivity index (χ2n) is 8.57. The Labute approximate surface area is 194 Å². The van der Waals surface area contributed by atoms with E-state index in [1.54, 1.807) is 12.1 Å². The van der Waals surface area contributed by atoms with Crippen molar-refractivity contribution in [2.75, 3.05) is 13.1 Å². The van der Waals surface area contributed by atoms with Crippen molar-refractivity contribution in [1.29, 1.82) is 0 Å². The Morgan fingerprint density at radius 3 is 2.59 bits per heavy atom. The number of rotatable bonds is 5. The Kier molecular flexibility index (Phi) is 4.96. The normalized spacial score (nSPS) is 14.2. The number of amides is 1. The highest BCUT2D eigenvalue weighted by Crippen LogP contribution is 2.32. The first kappa shape index (κ1) is 20.4. The van der Waals surface area contributed by atoms with Crippen molar-refractivity contribution in [3.8, 4) is 28.4 Å². The van der Waals surface area contributed by atoms with E-state index in [0.29, 0.717) is 11.6 Å². The molecule has 1 fully saturated rings. The molecular weight excluding hydrogens is 430 g/mol. The van der Waals surface area contributed by atoms with Crippen molar-refractivity contribution in [1.82, 2.24) is 30.3 Å². The summed E-state index contributed by atoms with van der Waals surface area (Å²) in [5, 5.41) is 18.2. The molecule has 1 saturated heterocycles. The maximum Gasteiger partial charge on any atom is 0.409 e. The summed E-state index contributed by atoms with van der Waals surface area (Å²) in [7, 11) is 0. The van der Waals surface area contributed by atoms with Crippen LogP contribution in [0.4, 0.5) is 4.79 Å². The Morgan fingerprint density at radius 2 is 1.74 bits per heavy atom. The smallest absolute Gasteiger partial charge is 0.409 e. The number of aromatic amines is 2. The molecule has 170 valence electrons. The van der Waals surface area contributed by atoms with Crippen molar-refractivity contribution in [2.24, 2.45) is 5.73 Å². The molecule has 3 heterocycles. The highest BCUT2D eigenvalue weighted by atomic mass is 16.5. The number of nitrogens with two attached hydrogens (primary N) is 1. The zero-order valence-electron chi connectivity index (χ0n) is 18.4. The first-order valence-electron chi connectivity index (χ1n) is 11.3. The third-order valence-electron chi connectivity index (χ3n) is 6.23. The first-order valence-corrected chi connectivity index (χ1v) is 11.3. The van der Waals surface area contributed by atoms with E-state index in [4.69, 9.17) is 15.5 Å². The summed E-state index contributed by atoms with van der Waals surface area (Å²) < 4.78 is 4.98. The zero-order valence-corrected chi connectivity index (χ0v) is 18.4. The average molecular weight is 454 g/mol. The number of benzene rings is 3. The highest BCUT2D eigenvalue weighted by Gasteiger charge is 2.16. The van der Waals surface area contributed by atoms with Gasteiger partial charge in [-0.15, -0.1) is 0 Å². The van der Waals surface area contributed by atoms with Crippen molar-refractivity contribution >= 4 is 27.8 Å². The van der Waals surface area contributed by atoms with Crippen LogP contribution in [0.15, 0.2) is 54.6 Å². The first-order chi connectivity index (χ1) is 16.6. The van der Waals surface area contributed by atoms with Gasteiger partial charge in [-0.25, -0.2) is 9.78 Å². The third-order valence-corrected chi connectivity index (χ3v) is 6.23. The van der Waals surface area contributed by atoms with Gasteiger partial charge in [0.25, 0.3) is 0 Å². The van der Waals surface area contributed by atoms with Gasteiger partial charge in [-0.05, 0) is 73.1 Å². The molecule has 3 aromatic carbocycles. The van der Waals surface area contributed by atoms with Gasteiger partial charge >= 0.3 is 6.09 Å². The molecule has 0 atom stereocenters. The summed E-state index contributed by atoms with van der Waals surface area (Å²) in [6.07, 6.45) is 1.67. The molecule has 5 aromatic rings. The van der Waals surface area contributed by atoms with Crippen molar-refractivity contribution in [3.05, 3.63) is 60.4 Å². The van der Waals surface area contributed by atoms with E-state index in [-0.39, 0.29) is 0 Å². The Bertz CT molecular complexity index is 1510. The fourth-order valence-electron chi connectivity index (χ4n) is 4.57. The van der Waals surface area contributed by atoms with Gasteiger partial charge in [-0.1, -0.05) is 18.2 Å². The molecule has 34 heavy (non-hydrogen) atoms. The van der Waals surface area contributed by atoms with Crippen LogP contribution < -0.4 is 10.5 Å². The molecular formula is C25H23N7O2. The SMILES string of the molecule is NC(=O)Oc1ccc2cc(-c3n[nH]c4ccc(-c5n[nH]c(CN6CCCC6)n5)cc34)ccc2c1. The lowest BCUT2D eigenvalue weighted by Gasteiger charge is -2.11. The van der Waals surface area contributed by atoms with Crippen LogP contribution in [-0.4, -0.2) is 49.5 Å². The van der Waals surface area contributed by atoms with Gasteiger partial charge in [0.1, 0.15) is 11.6 Å². The lowest BCUT2D eigenvalue weighted by molar-refractivity contribution is 0.211. The van der Waals surface area contributed by atoms with Crippen LogP contribution in [0, 0.1) is 0 Å². The van der Waals surface area contributed by atoms with Crippen molar-refractivity contribution in [2.45, 2.75) is 19.4 Å². The molecule has 0 bridgehead atoms. The van der Waals surface area contributed by atoms with Gasteiger partial charge in [-0.3, -0.25) is 15.1 Å². The van der Waals surface area contributed by atoms with Gasteiger partial charge in [0.2, 0.25) is 0 Å². The average Bonchev–Trinajstić information content (AvgIpc) is 3.59. The summed E-state index contributed by atoms with van der Waals surface area (Å²) in [5.41, 5.74) is 8.82. The summed E-state index contributed by atoms with van der Waals surface area (Å²) in [4.78, 5) is 18.1. The standard InChI is InChI=1S/C25H23N7O2/c26-25(33)34-19-7-5-15-11-17(4-3-16(15)12-19)23-20-13-18(6-8-21(20)28-30-23)24-27-22(29-31-24)14-32-9-1-2-10-32/h3-8,11-13H,1-2,9-10,14H2,(H2,26,33)(H,28,30)(H,27,29,31). The number of nitrogens with one attached hydrogen (secondary N) is 2. The van der Waals surface area contributed by atoms with Crippen molar-refractivity contribution < 1.29 is 9.53 Å². The summed E-state index contributed by atoms with van der Waals surface area (Å²) in [5.74, 6) is 1.99. The van der Waals surface area contributed by atoms with Gasteiger partial charge < -0.3 is 10.5 Å². The third kappa shape index (κ3) is 3.86. The number of nitrogens with zero attached hydrogens (tertiary/aromatic N) is 4. The lowest BCUT2D eigenvalue weighted by Crippen LogP contribution is -2.19. The van der Waals surface area contributed by atoms with E-state index in [2.05, 4.69) is 37.4 Å². The van der Waals surface area contributed by atoms with Crippen LogP contribution in [0.25, 0.3) is 44.3 Å². The monoisotopic (exact) mass is 453 g/mol. The second-order valence-corrected chi connectivity index (χ2v) is 8.57. The molecule has 1 aliphatic rings. The lowest BCUT2D eigenvalue weighted by atomic mass is 10.0. The Hall–Kier alpha value is -4.24. The topological polar surface area (TPSA) is 126 Å². The molecule has 0 unspecified atom stereocenters. The molecule has 4 N–H and O–H groups in total. The predicted octanol–water partition coefficient (Wildman–Crippen LogP) is 4.22. The van der Waals surface area contributed by atoms with E-state index in [1.165, 1.54) is 12.8 Å². The summed E-state index contributed by atoms with van der Waals surface area (Å²) >= 11 is 0. The maximum absolute atomic E-state index is 11.0. The summed E-state index contributed by atoms with van der Waals surface area (Å²) in [6, 6.07) is 17.5. The Morgan fingerprint density at radius 1 is 0.941 bits per heavy atom. The van der Waals surface area contributed by atoms with E-state index < -0.39 is 6.09 Å². The fourth-order valence-corrected chi connectivity index (χ4v) is 4.57. The van der Waals surface area contributed by atoms with Crippen LogP contribution in [0.3, 0.4) is 0 Å². The molecule has 6 rings (SSSR count). The molecule has 1 amide bonds. The Balaban J connectivity index is 1.32. The number of carbonyl (C=O) groups is 1. The van der Waals surface area contributed by atoms with Gasteiger partial charge in [-0.2, -0.15) is 10.2 Å². The van der Waals surface area contributed by atoms with Crippen LogP contribution in [0.2, 0.25) is 0 Å². The molecule has 0 radical (unpaired) electrons. The minimum Gasteiger partial charge on any atom is -0.410 e. The van der Waals surface area contributed by atoms with Gasteiger partial charge in [0.15, 0.2) is 5.82 Å². The molecule has 1 aliphatic heterocycles. The van der Waals surface area contributed by atoms with Crippen LogP contribution in [-0.2, 0) is 6.54 Å². The predicted molar refractivity (Wildman–Crippen MR) is 129 cm³/mol. The van der Waals surface area contributed by atoms with Crippen LogP contribution in [0.5, 0.6) is 5.75 Å². The van der Waals surface area contributed by atoms with Crippen molar-refractivity contribution in [3.63, 3.8) is 0 Å². The summed E-state index contributed by atoms with van der Waals surface area (Å²) in [6.45, 7) is 3.03. The quantitative estimate of drug-likeness (QED) is 0.366. The molecule has 0 spiro atoms. The van der Waals surface area contributed by atoms with Crippen LogP contribution in [0.1, 0.15) is 18.7 Å². The number of carbonyl (C=O) groups excluding carboxylic acids is 1. The number of fused-ring (bicyclic) bond motifs is 2. The number of likely N-dealkylation sites (tertiary alicyclic amines) is 1. The minimum absolute atomic E-state index is 0.415. The number of hydrogen-bond acceptors (Lipinski definition) is 6. The maximum atomic E-state index is 11.0. The number of hydrogen-bond donors (Lipinski definition) is 3. The van der Waals surface area contributed by atoms with E-state index >= 15 is 0 Å². The molecule has 2 aromatic heterocycles. The molecule has 9 heteroatoms. The molecule has 0 saturated carbocycles. The van der Waals surface area contributed by atoms with Gasteiger partial charge in [0.05, 0.1) is 17.8 Å². The van der Waals surface area contributed by atoms with Crippen LogP contribution >= 0.6 is 0 Å². The number of ether oxygens (including phenoxy) is 1. The van der Waals surface area contributed by atoms with Gasteiger partial charge in [0, 0.05) is 16.5 Å².